The first-order chi connectivity index (χ1) is 9.15. The lowest BCUT2D eigenvalue weighted by molar-refractivity contribution is -0.143. The maximum absolute atomic E-state index is 10.8. The first-order valence-corrected chi connectivity index (χ1v) is 8.62. The molecule has 0 aromatic carbocycles. The van der Waals surface area contributed by atoms with Crippen molar-refractivity contribution >= 4 is 0 Å². The first kappa shape index (κ1) is 12.6. The van der Waals surface area contributed by atoms with Crippen LogP contribution in [0.1, 0.15) is 70.6 Å². The average Bonchev–Trinajstić information content (AvgIpc) is 2.35. The van der Waals surface area contributed by atoms with Gasteiger partial charge in [-0.15, -0.1) is 0 Å². The topological polar surface area (TPSA) is 32.3 Å². The summed E-state index contributed by atoms with van der Waals surface area (Å²) in [5.41, 5.74) is 0.0138. The van der Waals surface area contributed by atoms with E-state index in [1.807, 2.05) is 0 Å². The van der Waals surface area contributed by atoms with E-state index < -0.39 is 0 Å². The largest absolute Gasteiger partial charge is 0.390 e. The molecular formula is C17H29NO. The van der Waals surface area contributed by atoms with E-state index in [1.165, 1.54) is 57.9 Å². The van der Waals surface area contributed by atoms with Gasteiger partial charge in [-0.05, 0) is 75.7 Å². The van der Waals surface area contributed by atoms with Crippen LogP contribution in [0.5, 0.6) is 0 Å². The summed E-state index contributed by atoms with van der Waals surface area (Å²) < 4.78 is 0. The lowest BCUT2D eigenvalue weighted by atomic mass is 9.51. The van der Waals surface area contributed by atoms with Crippen LogP contribution in [-0.2, 0) is 0 Å². The Morgan fingerprint density at radius 2 is 1.63 bits per heavy atom. The zero-order valence-corrected chi connectivity index (χ0v) is 12.2. The summed E-state index contributed by atoms with van der Waals surface area (Å²) >= 11 is 0. The van der Waals surface area contributed by atoms with Gasteiger partial charge in [0.15, 0.2) is 0 Å². The van der Waals surface area contributed by atoms with Gasteiger partial charge in [-0.3, -0.25) is 0 Å². The summed E-state index contributed by atoms with van der Waals surface area (Å²) in [6.07, 6.45) is 14.5. The fourth-order valence-corrected chi connectivity index (χ4v) is 6.17. The van der Waals surface area contributed by atoms with Crippen molar-refractivity contribution in [3.05, 3.63) is 0 Å². The van der Waals surface area contributed by atoms with E-state index in [0.717, 1.165) is 37.0 Å². The highest BCUT2D eigenvalue weighted by Crippen LogP contribution is 2.57. The molecule has 0 saturated heterocycles. The van der Waals surface area contributed by atoms with E-state index in [1.54, 1.807) is 0 Å². The Kier molecular flexibility index (Phi) is 2.97. The molecule has 0 radical (unpaired) electrons. The second kappa shape index (κ2) is 4.46. The third kappa shape index (κ3) is 2.35. The van der Waals surface area contributed by atoms with Crippen molar-refractivity contribution in [1.29, 1.82) is 0 Å². The number of hydrogen-bond donors (Lipinski definition) is 2. The SMILES string of the molecule is OC12C[C@H]3C[C@@H](C1)CC(NCC1CCCCC1)(C3)C2. The minimum absolute atomic E-state index is 0.302. The second-order valence-electron chi connectivity index (χ2n) is 8.35. The lowest BCUT2D eigenvalue weighted by Crippen LogP contribution is -2.65. The van der Waals surface area contributed by atoms with Crippen molar-refractivity contribution in [3.8, 4) is 0 Å². The smallest absolute Gasteiger partial charge is 0.0670 e. The fourth-order valence-electron chi connectivity index (χ4n) is 6.17. The van der Waals surface area contributed by atoms with Crippen molar-refractivity contribution in [2.45, 2.75) is 81.8 Å². The number of aliphatic hydroxyl groups is 1. The summed E-state index contributed by atoms with van der Waals surface area (Å²) in [5, 5.41) is 14.7. The van der Waals surface area contributed by atoms with Crippen LogP contribution in [0, 0.1) is 17.8 Å². The van der Waals surface area contributed by atoms with Gasteiger partial charge in [0.25, 0.3) is 0 Å². The van der Waals surface area contributed by atoms with E-state index in [-0.39, 0.29) is 5.60 Å². The zero-order chi connectivity index (χ0) is 12.9. The van der Waals surface area contributed by atoms with Gasteiger partial charge in [0, 0.05) is 5.54 Å². The fraction of sp³-hybridized carbons (Fsp3) is 1.00. The van der Waals surface area contributed by atoms with Crippen LogP contribution in [0.15, 0.2) is 0 Å². The Balaban J connectivity index is 1.42. The average molecular weight is 263 g/mol. The molecule has 0 heterocycles. The Bertz CT molecular complexity index is 333. The molecule has 5 aliphatic rings. The Morgan fingerprint density at radius 1 is 0.947 bits per heavy atom. The first-order valence-electron chi connectivity index (χ1n) is 8.62. The van der Waals surface area contributed by atoms with Crippen molar-refractivity contribution < 1.29 is 5.11 Å². The van der Waals surface area contributed by atoms with Crippen molar-refractivity contribution in [1.82, 2.24) is 5.32 Å². The summed E-state index contributed by atoms with van der Waals surface area (Å²) in [4.78, 5) is 0. The molecule has 5 saturated carbocycles. The van der Waals surface area contributed by atoms with Crippen LogP contribution < -0.4 is 5.32 Å². The number of hydrogen-bond acceptors (Lipinski definition) is 2. The van der Waals surface area contributed by atoms with Gasteiger partial charge < -0.3 is 10.4 Å². The standard InChI is InChI=1S/C17H29NO/c19-17-9-14-6-15(10-17)8-16(7-14,12-17)18-11-13-4-2-1-3-5-13/h13-15,18-19H,1-12H2/t14-,15+,16?,17?. The van der Waals surface area contributed by atoms with E-state index in [4.69, 9.17) is 0 Å². The molecule has 5 aliphatic carbocycles. The predicted octanol–water partition coefficient (Wildman–Crippen LogP) is 3.24. The molecule has 5 rings (SSSR count). The van der Waals surface area contributed by atoms with Crippen LogP contribution in [-0.4, -0.2) is 22.8 Å². The van der Waals surface area contributed by atoms with Gasteiger partial charge in [0.2, 0.25) is 0 Å². The molecule has 0 aromatic rings. The van der Waals surface area contributed by atoms with E-state index in [2.05, 4.69) is 5.32 Å². The maximum atomic E-state index is 10.8. The molecule has 0 amide bonds. The van der Waals surface area contributed by atoms with Gasteiger partial charge in [-0.2, -0.15) is 0 Å². The molecule has 0 aliphatic heterocycles. The van der Waals surface area contributed by atoms with Gasteiger partial charge >= 0.3 is 0 Å². The van der Waals surface area contributed by atoms with Crippen LogP contribution in [0.4, 0.5) is 0 Å². The third-order valence-electron chi connectivity index (χ3n) is 6.52. The van der Waals surface area contributed by atoms with Gasteiger partial charge in [-0.25, -0.2) is 0 Å². The molecule has 2 heteroatoms. The van der Waals surface area contributed by atoms with Crippen molar-refractivity contribution in [2.75, 3.05) is 6.54 Å². The molecule has 0 aromatic heterocycles. The molecule has 19 heavy (non-hydrogen) atoms. The minimum atomic E-state index is -0.302. The Labute approximate surface area is 117 Å². The number of rotatable bonds is 3. The summed E-state index contributed by atoms with van der Waals surface area (Å²) in [6, 6.07) is 0. The zero-order valence-electron chi connectivity index (χ0n) is 12.2. The molecule has 5 fully saturated rings. The lowest BCUT2D eigenvalue weighted by Gasteiger charge is -2.60. The van der Waals surface area contributed by atoms with Gasteiger partial charge in [0.1, 0.15) is 0 Å². The van der Waals surface area contributed by atoms with Crippen molar-refractivity contribution in [3.63, 3.8) is 0 Å². The normalized spacial score (nSPS) is 49.7. The second-order valence-corrected chi connectivity index (χ2v) is 8.35. The number of nitrogens with one attached hydrogen (secondary N) is 1. The molecule has 4 bridgehead atoms. The molecule has 108 valence electrons. The quantitative estimate of drug-likeness (QED) is 0.819. The Morgan fingerprint density at radius 3 is 2.26 bits per heavy atom. The molecule has 2 nitrogen and oxygen atoms in total. The van der Waals surface area contributed by atoms with Crippen LogP contribution in [0.25, 0.3) is 0 Å². The summed E-state index contributed by atoms with van der Waals surface area (Å²) in [7, 11) is 0. The van der Waals surface area contributed by atoms with Crippen LogP contribution in [0.2, 0.25) is 0 Å². The van der Waals surface area contributed by atoms with Crippen LogP contribution >= 0.6 is 0 Å². The van der Waals surface area contributed by atoms with Gasteiger partial charge in [0.05, 0.1) is 5.60 Å². The molecule has 2 unspecified atom stereocenters. The van der Waals surface area contributed by atoms with E-state index >= 15 is 0 Å². The summed E-state index contributed by atoms with van der Waals surface area (Å²) in [6.45, 7) is 1.22. The Hall–Kier alpha value is -0.0800. The summed E-state index contributed by atoms with van der Waals surface area (Å²) in [5.74, 6) is 2.53. The highest BCUT2D eigenvalue weighted by Gasteiger charge is 2.56. The molecule has 2 N–H and O–H groups in total. The van der Waals surface area contributed by atoms with Crippen molar-refractivity contribution in [2.24, 2.45) is 17.8 Å². The molecule has 4 atom stereocenters. The monoisotopic (exact) mass is 263 g/mol. The maximum Gasteiger partial charge on any atom is 0.0670 e. The third-order valence-corrected chi connectivity index (χ3v) is 6.52. The highest BCUT2D eigenvalue weighted by atomic mass is 16.3. The predicted molar refractivity (Wildman–Crippen MR) is 76.9 cm³/mol. The minimum Gasteiger partial charge on any atom is -0.390 e. The van der Waals surface area contributed by atoms with Gasteiger partial charge in [-0.1, -0.05) is 19.3 Å². The highest BCUT2D eigenvalue weighted by molar-refractivity contribution is 5.12. The molecular weight excluding hydrogens is 234 g/mol. The van der Waals surface area contributed by atoms with E-state index in [9.17, 15) is 5.11 Å². The van der Waals surface area contributed by atoms with E-state index in [0.29, 0.717) is 5.54 Å². The van der Waals surface area contributed by atoms with Crippen LogP contribution in [0.3, 0.4) is 0 Å². The molecule has 0 spiro atoms.